The van der Waals surface area contributed by atoms with Gasteiger partial charge in [0.25, 0.3) is 5.91 Å². The number of alkyl halides is 3. The molecule has 1 N–H and O–H groups in total. The van der Waals surface area contributed by atoms with Crippen LogP contribution in [-0.4, -0.2) is 5.91 Å². The van der Waals surface area contributed by atoms with Crippen molar-refractivity contribution in [3.8, 4) is 0 Å². The molecule has 0 spiro atoms. The lowest BCUT2D eigenvalue weighted by Crippen LogP contribution is -2.11. The van der Waals surface area contributed by atoms with E-state index < -0.39 is 11.7 Å². The molecule has 0 heterocycles. The first-order chi connectivity index (χ1) is 12.9. The Balaban J connectivity index is 1.59. The molecule has 0 aliphatic carbocycles. The first-order valence-corrected chi connectivity index (χ1v) is 9.16. The molecule has 0 radical (unpaired) electrons. The number of carbonyl (C=O) groups excluding carboxylic acids is 1. The second kappa shape index (κ2) is 8.31. The molecule has 3 aromatic rings. The zero-order valence-corrected chi connectivity index (χ0v) is 15.0. The smallest absolute Gasteiger partial charge is 0.322 e. The summed E-state index contributed by atoms with van der Waals surface area (Å²) in [5, 5.41) is 2.81. The van der Waals surface area contributed by atoms with Crippen LogP contribution in [0.15, 0.2) is 83.8 Å². The third kappa shape index (κ3) is 5.37. The highest BCUT2D eigenvalue weighted by molar-refractivity contribution is 7.98. The third-order valence-corrected chi connectivity index (χ3v) is 4.88. The quantitative estimate of drug-likeness (QED) is 0.524. The zero-order valence-electron chi connectivity index (χ0n) is 14.2. The Morgan fingerprint density at radius 1 is 0.889 bits per heavy atom. The number of hydrogen-bond acceptors (Lipinski definition) is 2. The number of hydrogen-bond donors (Lipinski definition) is 1. The number of benzene rings is 3. The number of amides is 1. The predicted octanol–water partition coefficient (Wildman–Crippen LogP) is 6.25. The van der Waals surface area contributed by atoms with Gasteiger partial charge in [-0.25, -0.2) is 0 Å². The molecule has 0 saturated heterocycles. The van der Waals surface area contributed by atoms with Crippen LogP contribution < -0.4 is 5.32 Å². The summed E-state index contributed by atoms with van der Waals surface area (Å²) in [6.45, 7) is 0. The highest BCUT2D eigenvalue weighted by atomic mass is 32.2. The van der Waals surface area contributed by atoms with E-state index in [0.29, 0.717) is 21.9 Å². The van der Waals surface area contributed by atoms with E-state index in [9.17, 15) is 18.0 Å². The van der Waals surface area contributed by atoms with Gasteiger partial charge in [-0.05, 0) is 48.0 Å². The summed E-state index contributed by atoms with van der Waals surface area (Å²) >= 11 is 1.33. The van der Waals surface area contributed by atoms with E-state index >= 15 is 0 Å². The summed E-state index contributed by atoms with van der Waals surface area (Å²) in [6, 6.07) is 21.4. The molecule has 0 aliphatic heterocycles. The van der Waals surface area contributed by atoms with Crippen molar-refractivity contribution in [1.82, 2.24) is 0 Å². The van der Waals surface area contributed by atoms with E-state index in [2.05, 4.69) is 5.32 Å². The second-order valence-electron chi connectivity index (χ2n) is 5.83. The van der Waals surface area contributed by atoms with Crippen molar-refractivity contribution >= 4 is 23.4 Å². The van der Waals surface area contributed by atoms with E-state index in [0.717, 1.165) is 17.7 Å². The Hall–Kier alpha value is -2.73. The molecule has 0 saturated carbocycles. The summed E-state index contributed by atoms with van der Waals surface area (Å²) in [4.78, 5) is 12.7. The van der Waals surface area contributed by atoms with Gasteiger partial charge < -0.3 is 5.32 Å². The van der Waals surface area contributed by atoms with Crippen LogP contribution in [-0.2, 0) is 11.9 Å². The summed E-state index contributed by atoms with van der Waals surface area (Å²) in [6.07, 6.45) is -4.34. The molecule has 0 bridgehead atoms. The summed E-state index contributed by atoms with van der Waals surface area (Å²) < 4.78 is 38.3. The molecule has 0 aliphatic rings. The number of thioether (sulfide) groups is 1. The van der Waals surface area contributed by atoms with E-state index in [4.69, 9.17) is 0 Å². The maximum Gasteiger partial charge on any atom is 0.416 e. The van der Waals surface area contributed by atoms with E-state index in [1.807, 2.05) is 18.2 Å². The minimum absolute atomic E-state index is 0.193. The Bertz CT molecular complexity index is 909. The fraction of sp³-hybridized carbons (Fsp3) is 0.0952. The molecular weight excluding hydrogens is 371 g/mol. The highest BCUT2D eigenvalue weighted by Crippen LogP contribution is 2.32. The highest BCUT2D eigenvalue weighted by Gasteiger charge is 2.30. The number of nitrogens with one attached hydrogen (secondary N) is 1. The maximum atomic E-state index is 12.8. The van der Waals surface area contributed by atoms with Crippen molar-refractivity contribution in [3.05, 3.63) is 95.6 Å². The first kappa shape index (κ1) is 19.0. The van der Waals surface area contributed by atoms with Gasteiger partial charge in [0.05, 0.1) is 5.56 Å². The molecule has 6 heteroatoms. The standard InChI is InChI=1S/C21H16F3NOS/c22-21(23,24)17-7-4-8-19(13-17)27-14-15-9-11-18(12-10-15)25-20(26)16-5-2-1-3-6-16/h1-13H,14H2,(H,25,26). The lowest BCUT2D eigenvalue weighted by atomic mass is 10.2. The van der Waals surface area contributed by atoms with Gasteiger partial charge in [0.2, 0.25) is 0 Å². The van der Waals surface area contributed by atoms with E-state index in [1.165, 1.54) is 17.8 Å². The van der Waals surface area contributed by atoms with Crippen molar-refractivity contribution in [2.75, 3.05) is 5.32 Å². The summed E-state index contributed by atoms with van der Waals surface area (Å²) in [5.41, 5.74) is 1.54. The number of anilines is 1. The van der Waals surface area contributed by atoms with Gasteiger partial charge in [0.15, 0.2) is 0 Å². The molecule has 0 fully saturated rings. The molecule has 0 atom stereocenters. The Kier molecular flexibility index (Phi) is 5.86. The van der Waals surface area contributed by atoms with Crippen LogP contribution in [0, 0.1) is 0 Å². The number of carbonyl (C=O) groups is 1. The van der Waals surface area contributed by atoms with Gasteiger partial charge in [-0.15, -0.1) is 11.8 Å². The topological polar surface area (TPSA) is 29.1 Å². The molecule has 2 nitrogen and oxygen atoms in total. The lowest BCUT2D eigenvalue weighted by molar-refractivity contribution is -0.137. The van der Waals surface area contributed by atoms with Gasteiger partial charge in [-0.2, -0.15) is 13.2 Å². The fourth-order valence-corrected chi connectivity index (χ4v) is 3.32. The molecule has 27 heavy (non-hydrogen) atoms. The Labute approximate surface area is 159 Å². The number of halogens is 3. The SMILES string of the molecule is O=C(Nc1ccc(CSc2cccc(C(F)(F)F)c2)cc1)c1ccccc1. The summed E-state index contributed by atoms with van der Waals surface area (Å²) in [5.74, 6) is 0.343. The molecule has 1 amide bonds. The van der Waals surface area contributed by atoms with Gasteiger partial charge in [-0.1, -0.05) is 36.4 Å². The maximum absolute atomic E-state index is 12.8. The zero-order chi connectivity index (χ0) is 19.3. The average molecular weight is 387 g/mol. The third-order valence-electron chi connectivity index (χ3n) is 3.81. The van der Waals surface area contributed by atoms with Gasteiger partial charge in [0.1, 0.15) is 0 Å². The van der Waals surface area contributed by atoms with Crippen LogP contribution in [0.2, 0.25) is 0 Å². The Morgan fingerprint density at radius 3 is 2.26 bits per heavy atom. The van der Waals surface area contributed by atoms with Crippen molar-refractivity contribution in [3.63, 3.8) is 0 Å². The van der Waals surface area contributed by atoms with Crippen LogP contribution in [0.5, 0.6) is 0 Å². The minimum Gasteiger partial charge on any atom is -0.322 e. The largest absolute Gasteiger partial charge is 0.416 e. The predicted molar refractivity (Wildman–Crippen MR) is 102 cm³/mol. The average Bonchev–Trinajstić information content (AvgIpc) is 2.68. The lowest BCUT2D eigenvalue weighted by Gasteiger charge is -2.09. The summed E-state index contributed by atoms with van der Waals surface area (Å²) in [7, 11) is 0. The molecule has 3 rings (SSSR count). The monoisotopic (exact) mass is 387 g/mol. The van der Waals surface area contributed by atoms with Crippen LogP contribution in [0.4, 0.5) is 18.9 Å². The van der Waals surface area contributed by atoms with Gasteiger partial charge in [-0.3, -0.25) is 4.79 Å². The molecule has 138 valence electrons. The normalized spacial score (nSPS) is 11.2. The van der Waals surface area contributed by atoms with Gasteiger partial charge in [0, 0.05) is 21.9 Å². The van der Waals surface area contributed by atoms with Crippen LogP contribution in [0.25, 0.3) is 0 Å². The van der Waals surface area contributed by atoms with Gasteiger partial charge >= 0.3 is 6.18 Å². The van der Waals surface area contributed by atoms with Crippen LogP contribution >= 0.6 is 11.8 Å². The van der Waals surface area contributed by atoms with Crippen molar-refractivity contribution < 1.29 is 18.0 Å². The van der Waals surface area contributed by atoms with E-state index in [-0.39, 0.29) is 5.91 Å². The molecule has 0 unspecified atom stereocenters. The molecule has 3 aromatic carbocycles. The Morgan fingerprint density at radius 2 is 1.59 bits per heavy atom. The molecule has 0 aromatic heterocycles. The van der Waals surface area contributed by atoms with Crippen molar-refractivity contribution in [2.24, 2.45) is 0 Å². The number of rotatable bonds is 5. The second-order valence-corrected chi connectivity index (χ2v) is 6.88. The first-order valence-electron chi connectivity index (χ1n) is 8.17. The van der Waals surface area contributed by atoms with Crippen molar-refractivity contribution in [2.45, 2.75) is 16.8 Å². The van der Waals surface area contributed by atoms with E-state index in [1.54, 1.807) is 42.5 Å². The van der Waals surface area contributed by atoms with Crippen LogP contribution in [0.3, 0.4) is 0 Å². The van der Waals surface area contributed by atoms with Crippen LogP contribution in [0.1, 0.15) is 21.5 Å². The van der Waals surface area contributed by atoms with Crippen molar-refractivity contribution in [1.29, 1.82) is 0 Å². The minimum atomic E-state index is -4.34. The molecular formula is C21H16F3NOS. The fourth-order valence-electron chi connectivity index (χ4n) is 2.41.